The van der Waals surface area contributed by atoms with Gasteiger partial charge in [-0.2, -0.15) is 0 Å². The van der Waals surface area contributed by atoms with Crippen molar-refractivity contribution >= 4 is 5.91 Å². The zero-order valence-electron chi connectivity index (χ0n) is 13.7. The summed E-state index contributed by atoms with van der Waals surface area (Å²) in [5.74, 6) is 0.276. The first kappa shape index (κ1) is 17.8. The van der Waals surface area contributed by atoms with Gasteiger partial charge in [-0.05, 0) is 56.5 Å². The second-order valence-electron chi connectivity index (χ2n) is 6.34. The summed E-state index contributed by atoms with van der Waals surface area (Å²) in [7, 11) is 0. The number of alkyl halides is 3. The fourth-order valence-electron chi connectivity index (χ4n) is 2.93. The second-order valence-corrected chi connectivity index (χ2v) is 6.34. The molecule has 1 atom stereocenters. The summed E-state index contributed by atoms with van der Waals surface area (Å²) < 4.78 is 45.7. The van der Waals surface area contributed by atoms with Crippen LogP contribution in [0.4, 0.5) is 13.2 Å². The smallest absolute Gasteiger partial charge is 0.492 e. The first-order valence-electron chi connectivity index (χ1n) is 8.44. The summed E-state index contributed by atoms with van der Waals surface area (Å²) in [6, 6.07) is 5.54. The van der Waals surface area contributed by atoms with Crippen LogP contribution in [0.2, 0.25) is 0 Å². The minimum Gasteiger partial charge on any atom is -0.492 e. The van der Waals surface area contributed by atoms with Crippen molar-refractivity contribution in [2.75, 3.05) is 19.7 Å². The van der Waals surface area contributed by atoms with Gasteiger partial charge >= 0.3 is 6.36 Å². The molecule has 1 aromatic rings. The predicted octanol–water partition coefficient (Wildman–Crippen LogP) is 2.71. The SMILES string of the molecule is O=C(NC1CC1)C1CCCN1CCOc1ccc(OC(F)(F)F)cc1. The molecule has 1 unspecified atom stereocenters. The Labute approximate surface area is 144 Å². The highest BCUT2D eigenvalue weighted by atomic mass is 19.4. The van der Waals surface area contributed by atoms with E-state index in [0.717, 1.165) is 32.2 Å². The number of hydrogen-bond donors (Lipinski definition) is 1. The Hall–Kier alpha value is -1.96. The Balaban J connectivity index is 1.43. The number of nitrogens with one attached hydrogen (secondary N) is 1. The molecular weight excluding hydrogens is 337 g/mol. The van der Waals surface area contributed by atoms with Crippen LogP contribution < -0.4 is 14.8 Å². The van der Waals surface area contributed by atoms with Gasteiger partial charge in [-0.15, -0.1) is 13.2 Å². The standard InChI is InChI=1S/C17H21F3N2O3/c18-17(19,20)25-14-7-5-13(6-8-14)24-11-10-22-9-1-2-15(22)16(23)21-12-3-4-12/h5-8,12,15H,1-4,9-11H2,(H,21,23). The summed E-state index contributed by atoms with van der Waals surface area (Å²) in [6.45, 7) is 1.82. The number of likely N-dealkylation sites (tertiary alicyclic amines) is 1. The number of amides is 1. The Morgan fingerprint density at radius 1 is 1.16 bits per heavy atom. The van der Waals surface area contributed by atoms with E-state index in [4.69, 9.17) is 4.74 Å². The van der Waals surface area contributed by atoms with Crippen molar-refractivity contribution in [3.8, 4) is 11.5 Å². The van der Waals surface area contributed by atoms with Gasteiger partial charge in [-0.25, -0.2) is 0 Å². The molecule has 1 aromatic carbocycles. The molecule has 1 saturated carbocycles. The highest BCUT2D eigenvalue weighted by molar-refractivity contribution is 5.82. The molecule has 2 fully saturated rings. The van der Waals surface area contributed by atoms with Gasteiger partial charge < -0.3 is 14.8 Å². The van der Waals surface area contributed by atoms with E-state index in [0.29, 0.717) is 24.9 Å². The molecule has 138 valence electrons. The van der Waals surface area contributed by atoms with Crippen LogP contribution in [-0.4, -0.2) is 48.9 Å². The van der Waals surface area contributed by atoms with Gasteiger partial charge in [0.05, 0.1) is 6.04 Å². The van der Waals surface area contributed by atoms with Crippen molar-refractivity contribution in [1.82, 2.24) is 10.2 Å². The molecule has 0 radical (unpaired) electrons. The van der Waals surface area contributed by atoms with Gasteiger partial charge in [0, 0.05) is 12.6 Å². The second kappa shape index (κ2) is 7.51. The van der Waals surface area contributed by atoms with Crippen molar-refractivity contribution in [3.63, 3.8) is 0 Å². The van der Waals surface area contributed by atoms with Gasteiger partial charge in [0.15, 0.2) is 0 Å². The van der Waals surface area contributed by atoms with Gasteiger partial charge in [0.25, 0.3) is 0 Å². The lowest BCUT2D eigenvalue weighted by atomic mass is 10.2. The molecule has 3 rings (SSSR count). The Morgan fingerprint density at radius 3 is 2.48 bits per heavy atom. The molecule has 1 aliphatic carbocycles. The van der Waals surface area contributed by atoms with Crippen LogP contribution in [0.3, 0.4) is 0 Å². The van der Waals surface area contributed by atoms with E-state index in [1.807, 2.05) is 0 Å². The molecule has 2 aliphatic rings. The number of nitrogens with zero attached hydrogens (tertiary/aromatic N) is 1. The number of rotatable bonds is 7. The van der Waals surface area contributed by atoms with Crippen molar-refractivity contribution in [3.05, 3.63) is 24.3 Å². The minimum absolute atomic E-state index is 0.0913. The molecule has 8 heteroatoms. The lowest BCUT2D eigenvalue weighted by Crippen LogP contribution is -2.45. The van der Waals surface area contributed by atoms with E-state index < -0.39 is 6.36 Å². The van der Waals surface area contributed by atoms with Crippen LogP contribution in [0.1, 0.15) is 25.7 Å². The highest BCUT2D eigenvalue weighted by Crippen LogP contribution is 2.25. The number of carbonyl (C=O) groups is 1. The molecule has 5 nitrogen and oxygen atoms in total. The van der Waals surface area contributed by atoms with Crippen molar-refractivity contribution < 1.29 is 27.4 Å². The lowest BCUT2D eigenvalue weighted by molar-refractivity contribution is -0.274. The number of halogens is 3. The van der Waals surface area contributed by atoms with Crippen LogP contribution in [0.5, 0.6) is 11.5 Å². The zero-order valence-corrected chi connectivity index (χ0v) is 13.7. The summed E-state index contributed by atoms with van der Waals surface area (Å²) in [4.78, 5) is 14.3. The number of hydrogen-bond acceptors (Lipinski definition) is 4. The van der Waals surface area contributed by atoms with Gasteiger partial charge in [0.2, 0.25) is 5.91 Å². The number of benzene rings is 1. The Bertz CT molecular complexity index is 588. The van der Waals surface area contributed by atoms with Gasteiger partial charge in [-0.1, -0.05) is 0 Å². The maximum absolute atomic E-state index is 12.2. The van der Waals surface area contributed by atoms with E-state index in [1.54, 1.807) is 0 Å². The summed E-state index contributed by atoms with van der Waals surface area (Å²) in [5.41, 5.74) is 0. The third-order valence-corrected chi connectivity index (χ3v) is 4.29. The molecule has 25 heavy (non-hydrogen) atoms. The predicted molar refractivity (Wildman–Crippen MR) is 84.4 cm³/mol. The van der Waals surface area contributed by atoms with Crippen LogP contribution in [-0.2, 0) is 4.79 Å². The minimum atomic E-state index is -4.70. The third kappa shape index (κ3) is 5.52. The highest BCUT2D eigenvalue weighted by Gasteiger charge is 2.33. The van der Waals surface area contributed by atoms with Crippen molar-refractivity contribution in [2.24, 2.45) is 0 Å². The van der Waals surface area contributed by atoms with E-state index in [1.165, 1.54) is 24.3 Å². The van der Waals surface area contributed by atoms with E-state index in [2.05, 4.69) is 15.0 Å². The van der Waals surface area contributed by atoms with E-state index >= 15 is 0 Å². The first-order chi connectivity index (χ1) is 11.9. The molecule has 1 N–H and O–H groups in total. The molecule has 0 bridgehead atoms. The van der Waals surface area contributed by atoms with Gasteiger partial charge in [0.1, 0.15) is 18.1 Å². The van der Waals surface area contributed by atoms with Gasteiger partial charge in [-0.3, -0.25) is 9.69 Å². The lowest BCUT2D eigenvalue weighted by Gasteiger charge is -2.23. The Morgan fingerprint density at radius 2 is 1.84 bits per heavy atom. The fourth-order valence-corrected chi connectivity index (χ4v) is 2.93. The fraction of sp³-hybridized carbons (Fsp3) is 0.588. The topological polar surface area (TPSA) is 50.8 Å². The van der Waals surface area contributed by atoms with Crippen molar-refractivity contribution in [2.45, 2.75) is 44.1 Å². The zero-order chi connectivity index (χ0) is 17.9. The average molecular weight is 358 g/mol. The third-order valence-electron chi connectivity index (χ3n) is 4.29. The van der Waals surface area contributed by atoms with Crippen LogP contribution in [0.15, 0.2) is 24.3 Å². The first-order valence-corrected chi connectivity index (χ1v) is 8.44. The quantitative estimate of drug-likeness (QED) is 0.814. The molecule has 1 aliphatic heterocycles. The van der Waals surface area contributed by atoms with E-state index in [9.17, 15) is 18.0 Å². The number of ether oxygens (including phenoxy) is 2. The molecule has 1 amide bonds. The monoisotopic (exact) mass is 358 g/mol. The summed E-state index contributed by atoms with van der Waals surface area (Å²) in [6.07, 6.45) is -0.742. The average Bonchev–Trinajstić information content (AvgIpc) is 3.22. The maximum Gasteiger partial charge on any atom is 0.573 e. The van der Waals surface area contributed by atoms with Crippen LogP contribution >= 0.6 is 0 Å². The van der Waals surface area contributed by atoms with Crippen LogP contribution in [0.25, 0.3) is 0 Å². The summed E-state index contributed by atoms with van der Waals surface area (Å²) >= 11 is 0. The van der Waals surface area contributed by atoms with Crippen LogP contribution in [0, 0.1) is 0 Å². The maximum atomic E-state index is 12.2. The molecule has 0 spiro atoms. The normalized spacial score (nSPS) is 21.2. The molecule has 0 aromatic heterocycles. The largest absolute Gasteiger partial charge is 0.573 e. The Kier molecular flexibility index (Phi) is 5.36. The number of carbonyl (C=O) groups excluding carboxylic acids is 1. The summed E-state index contributed by atoms with van der Waals surface area (Å²) in [5, 5.41) is 3.03. The molecular formula is C17H21F3N2O3. The molecule has 1 saturated heterocycles. The molecule has 1 heterocycles. The van der Waals surface area contributed by atoms with Crippen molar-refractivity contribution in [1.29, 1.82) is 0 Å². The van der Waals surface area contributed by atoms with E-state index in [-0.39, 0.29) is 17.7 Å².